The van der Waals surface area contributed by atoms with E-state index in [0.29, 0.717) is 0 Å². The van der Waals surface area contributed by atoms with Gasteiger partial charge in [-0.15, -0.1) is 12.1 Å². The van der Waals surface area contributed by atoms with Crippen molar-refractivity contribution in [3.8, 4) is 0 Å². The third kappa shape index (κ3) is 22.7. The van der Waals surface area contributed by atoms with E-state index in [0.717, 1.165) is 0 Å². The van der Waals surface area contributed by atoms with Crippen LogP contribution in [0, 0.1) is 11.9 Å². The van der Waals surface area contributed by atoms with Gasteiger partial charge in [0.05, 0.1) is 0 Å². The number of hydrogen-bond donors (Lipinski definition) is 3. The van der Waals surface area contributed by atoms with Gasteiger partial charge in [0.15, 0.2) is 0 Å². The van der Waals surface area contributed by atoms with Gasteiger partial charge in [-0.05, 0) is 0 Å². The Hall–Kier alpha value is 0.0149. The molecule has 0 saturated carbocycles. The van der Waals surface area contributed by atoms with Crippen molar-refractivity contribution in [2.24, 2.45) is 0 Å². The molecule has 76 valence electrons. The summed E-state index contributed by atoms with van der Waals surface area (Å²) in [5.41, 5.74) is 0. The number of benzene rings is 1. The third-order valence-corrected chi connectivity index (χ3v) is 0.678. The van der Waals surface area contributed by atoms with Crippen LogP contribution in [0.25, 0.3) is 0 Å². The first-order chi connectivity index (χ1) is 5.13. The SMILES string of the molecule is Fc1cc[c-]cc1.O.O.OB(O)O.[Na+]. The van der Waals surface area contributed by atoms with E-state index in [9.17, 15) is 4.39 Å². The molecule has 0 spiro atoms. The van der Waals surface area contributed by atoms with E-state index in [1.807, 2.05) is 0 Å². The van der Waals surface area contributed by atoms with Gasteiger partial charge >= 0.3 is 36.9 Å². The average molecular weight is 216 g/mol. The van der Waals surface area contributed by atoms with Gasteiger partial charge in [-0.25, -0.2) is 4.39 Å². The maximum atomic E-state index is 11.9. The Labute approximate surface area is 103 Å². The van der Waals surface area contributed by atoms with Crippen LogP contribution in [0.1, 0.15) is 0 Å². The molecule has 0 fully saturated rings. The van der Waals surface area contributed by atoms with Crippen LogP contribution < -0.4 is 29.6 Å². The van der Waals surface area contributed by atoms with Crippen LogP contribution >= 0.6 is 0 Å². The first-order valence-corrected chi connectivity index (χ1v) is 2.78. The van der Waals surface area contributed by atoms with Gasteiger partial charge in [-0.1, -0.05) is 0 Å². The molecule has 0 aromatic heterocycles. The quantitative estimate of drug-likeness (QED) is 0.297. The monoisotopic (exact) mass is 216 g/mol. The summed E-state index contributed by atoms with van der Waals surface area (Å²) in [5, 5.41) is 21.5. The Morgan fingerprint density at radius 2 is 1.36 bits per heavy atom. The Kier molecular flexibility index (Phi) is 26.2. The molecule has 5 nitrogen and oxygen atoms in total. The second-order valence-corrected chi connectivity index (χ2v) is 1.56. The Morgan fingerprint density at radius 3 is 1.50 bits per heavy atom. The van der Waals surface area contributed by atoms with Crippen LogP contribution in [0.2, 0.25) is 0 Å². The molecule has 1 aromatic rings. The summed E-state index contributed by atoms with van der Waals surface area (Å²) < 4.78 is 11.9. The molecular formula is C6H11BFNaO5. The first kappa shape index (κ1) is 23.7. The molecule has 0 radical (unpaired) electrons. The zero-order valence-electron chi connectivity index (χ0n) is 7.61. The summed E-state index contributed by atoms with van der Waals surface area (Å²) in [4.78, 5) is 0. The van der Waals surface area contributed by atoms with E-state index in [1.54, 1.807) is 0 Å². The van der Waals surface area contributed by atoms with Gasteiger partial charge in [0, 0.05) is 5.82 Å². The molecule has 1 aromatic carbocycles. The average Bonchev–Trinajstić information content (AvgIpc) is 1.87. The molecule has 0 aliphatic rings. The van der Waals surface area contributed by atoms with Gasteiger partial charge < -0.3 is 26.0 Å². The molecule has 14 heavy (non-hydrogen) atoms. The summed E-state index contributed by atoms with van der Waals surface area (Å²) in [7, 11) is -2.17. The number of rotatable bonds is 0. The predicted octanol–water partition coefficient (Wildman–Crippen LogP) is -5.07. The zero-order chi connectivity index (χ0) is 8.69. The molecule has 0 bridgehead atoms. The molecule has 0 unspecified atom stereocenters. The molecule has 8 heteroatoms. The van der Waals surface area contributed by atoms with Crippen LogP contribution in [0.5, 0.6) is 0 Å². The molecule has 0 amide bonds. The van der Waals surface area contributed by atoms with E-state index < -0.39 is 7.32 Å². The maximum Gasteiger partial charge on any atom is 1.00 e. The largest absolute Gasteiger partial charge is 1.00 e. The maximum absolute atomic E-state index is 11.9. The summed E-state index contributed by atoms with van der Waals surface area (Å²) in [5.74, 6) is -0.209. The second-order valence-electron chi connectivity index (χ2n) is 1.56. The number of halogens is 1. The predicted molar refractivity (Wildman–Crippen MR) is 44.9 cm³/mol. The van der Waals surface area contributed by atoms with Gasteiger partial charge in [-0.2, -0.15) is 18.2 Å². The van der Waals surface area contributed by atoms with E-state index >= 15 is 0 Å². The fourth-order valence-corrected chi connectivity index (χ4v) is 0.367. The topological polar surface area (TPSA) is 124 Å². The molecule has 1 rings (SSSR count). The molecule has 0 aliphatic heterocycles. The fraction of sp³-hybridized carbons (Fsp3) is 0. The summed E-state index contributed by atoms with van der Waals surface area (Å²) in [6.07, 6.45) is 0. The summed E-state index contributed by atoms with van der Waals surface area (Å²) in [6.45, 7) is 0. The number of hydrogen-bond acceptors (Lipinski definition) is 3. The van der Waals surface area contributed by atoms with Gasteiger partial charge in [0.1, 0.15) is 0 Å². The smallest absolute Gasteiger partial charge is 0.412 e. The summed E-state index contributed by atoms with van der Waals surface area (Å²) in [6, 6.07) is 8.49. The van der Waals surface area contributed by atoms with Crippen molar-refractivity contribution in [2.45, 2.75) is 0 Å². The van der Waals surface area contributed by atoms with E-state index in [2.05, 4.69) is 6.07 Å². The minimum absolute atomic E-state index is 0. The van der Waals surface area contributed by atoms with Crippen molar-refractivity contribution in [3.05, 3.63) is 36.1 Å². The minimum Gasteiger partial charge on any atom is -0.412 e. The van der Waals surface area contributed by atoms with Crippen LogP contribution in [0.3, 0.4) is 0 Å². The van der Waals surface area contributed by atoms with Crippen LogP contribution in [0.4, 0.5) is 4.39 Å². The van der Waals surface area contributed by atoms with E-state index in [-0.39, 0.29) is 46.3 Å². The molecule has 0 atom stereocenters. The molecule has 0 aliphatic carbocycles. The van der Waals surface area contributed by atoms with E-state index in [1.165, 1.54) is 24.3 Å². The van der Waals surface area contributed by atoms with Crippen molar-refractivity contribution in [2.75, 3.05) is 0 Å². The van der Waals surface area contributed by atoms with Gasteiger partial charge in [-0.3, -0.25) is 0 Å². The van der Waals surface area contributed by atoms with Crippen molar-refractivity contribution in [3.63, 3.8) is 0 Å². The van der Waals surface area contributed by atoms with Crippen molar-refractivity contribution < 1.29 is 60.0 Å². The van der Waals surface area contributed by atoms with Crippen molar-refractivity contribution in [1.82, 2.24) is 0 Å². The van der Waals surface area contributed by atoms with Crippen LogP contribution in [-0.2, 0) is 0 Å². The Morgan fingerprint density at radius 1 is 1.07 bits per heavy atom. The van der Waals surface area contributed by atoms with Crippen LogP contribution in [-0.4, -0.2) is 33.3 Å². The van der Waals surface area contributed by atoms with Crippen molar-refractivity contribution >= 4 is 7.32 Å². The van der Waals surface area contributed by atoms with E-state index in [4.69, 9.17) is 15.1 Å². The zero-order valence-corrected chi connectivity index (χ0v) is 9.61. The van der Waals surface area contributed by atoms with Crippen LogP contribution in [0.15, 0.2) is 24.3 Å². The van der Waals surface area contributed by atoms with Gasteiger partial charge in [0.2, 0.25) is 0 Å². The van der Waals surface area contributed by atoms with Gasteiger partial charge in [0.25, 0.3) is 0 Å². The summed E-state index contributed by atoms with van der Waals surface area (Å²) >= 11 is 0. The molecular weight excluding hydrogens is 205 g/mol. The standard InChI is InChI=1S/C6H4F.BH3O3.Na.2H2O/c7-6-4-2-1-3-5-6;2-1(3)4;;;/h2-5H;2-4H;;2*1H2/q-1;;+1;;. The van der Waals surface area contributed by atoms with Crippen molar-refractivity contribution in [1.29, 1.82) is 0 Å². The first-order valence-electron chi connectivity index (χ1n) is 2.78. The fourth-order valence-electron chi connectivity index (χ4n) is 0.367. The minimum atomic E-state index is -2.17. The Bertz CT molecular complexity index is 186. The third-order valence-electron chi connectivity index (χ3n) is 0.678. The Balaban J connectivity index is -0.0000000650. The molecule has 0 heterocycles. The molecule has 0 saturated heterocycles. The normalized spacial score (nSPS) is 6.29. The second kappa shape index (κ2) is 15.5. The molecule has 7 N–H and O–H groups in total.